The van der Waals surface area contributed by atoms with Crippen molar-refractivity contribution in [2.45, 2.75) is 17.7 Å². The topological polar surface area (TPSA) is 98.2 Å². The summed E-state index contributed by atoms with van der Waals surface area (Å²) >= 11 is 2.00. The number of nitrogen functional groups attached to an aromatic ring is 1. The molecule has 1 aliphatic heterocycles. The molecular formula is C12H19N3O2S2. The van der Waals surface area contributed by atoms with Crippen LogP contribution in [-0.2, 0) is 10.0 Å². The first kappa shape index (κ1) is 14.5. The highest BCUT2D eigenvalue weighted by molar-refractivity contribution is 7.99. The van der Waals surface area contributed by atoms with Crippen LogP contribution in [0.2, 0.25) is 0 Å². The average molecular weight is 301 g/mol. The van der Waals surface area contributed by atoms with E-state index < -0.39 is 10.0 Å². The normalized spacial score (nSPS) is 17.3. The van der Waals surface area contributed by atoms with Gasteiger partial charge >= 0.3 is 0 Å². The van der Waals surface area contributed by atoms with E-state index in [0.717, 1.165) is 12.2 Å². The summed E-state index contributed by atoms with van der Waals surface area (Å²) in [5.74, 6) is 3.09. The molecule has 1 saturated heterocycles. The summed E-state index contributed by atoms with van der Waals surface area (Å²) in [6.07, 6.45) is 2.43. The van der Waals surface area contributed by atoms with Gasteiger partial charge in [-0.1, -0.05) is 0 Å². The lowest BCUT2D eigenvalue weighted by Crippen LogP contribution is -2.19. The fourth-order valence-electron chi connectivity index (χ4n) is 2.08. The van der Waals surface area contributed by atoms with Crippen molar-refractivity contribution in [1.29, 1.82) is 0 Å². The Hall–Kier alpha value is -0.920. The van der Waals surface area contributed by atoms with E-state index >= 15 is 0 Å². The van der Waals surface area contributed by atoms with E-state index in [-0.39, 0.29) is 4.90 Å². The van der Waals surface area contributed by atoms with Gasteiger partial charge in [-0.05, 0) is 48.5 Å². The molecule has 0 amide bonds. The largest absolute Gasteiger partial charge is 0.397 e. The minimum absolute atomic E-state index is 0.0459. The minimum atomic E-state index is -3.69. The number of nitrogens with two attached hydrogens (primary N) is 2. The van der Waals surface area contributed by atoms with Crippen LogP contribution in [0, 0.1) is 5.92 Å². The molecule has 0 bridgehead atoms. The third-order valence-corrected chi connectivity index (χ3v) is 5.23. The summed E-state index contributed by atoms with van der Waals surface area (Å²) in [6, 6.07) is 4.55. The second kappa shape index (κ2) is 6.02. The van der Waals surface area contributed by atoms with Crippen LogP contribution in [0.15, 0.2) is 23.1 Å². The maximum absolute atomic E-state index is 11.2. The van der Waals surface area contributed by atoms with Gasteiger partial charge < -0.3 is 11.1 Å². The van der Waals surface area contributed by atoms with Gasteiger partial charge in [0, 0.05) is 6.54 Å². The molecule has 1 aromatic rings. The first-order valence-electron chi connectivity index (χ1n) is 6.21. The Bertz CT molecular complexity index is 540. The smallest absolute Gasteiger partial charge is 0.238 e. The SMILES string of the molecule is Nc1cc(S(N)(=O)=O)ccc1NCC1CCSCC1. The van der Waals surface area contributed by atoms with Crippen molar-refractivity contribution < 1.29 is 8.42 Å². The van der Waals surface area contributed by atoms with Crippen molar-refractivity contribution in [3.63, 3.8) is 0 Å². The van der Waals surface area contributed by atoms with Crippen LogP contribution in [-0.4, -0.2) is 26.5 Å². The van der Waals surface area contributed by atoms with Gasteiger partial charge in [-0.2, -0.15) is 11.8 Å². The second-order valence-corrected chi connectivity index (χ2v) is 7.52. The summed E-state index contributed by atoms with van der Waals surface area (Å²) < 4.78 is 22.4. The Morgan fingerprint density at radius 1 is 1.32 bits per heavy atom. The Morgan fingerprint density at radius 3 is 2.58 bits per heavy atom. The molecule has 0 atom stereocenters. The Morgan fingerprint density at radius 2 is 2.00 bits per heavy atom. The number of sulfonamides is 1. The third-order valence-electron chi connectivity index (χ3n) is 3.27. The van der Waals surface area contributed by atoms with E-state index in [9.17, 15) is 8.42 Å². The molecule has 106 valence electrons. The molecule has 19 heavy (non-hydrogen) atoms. The van der Waals surface area contributed by atoms with Crippen LogP contribution < -0.4 is 16.2 Å². The molecular weight excluding hydrogens is 282 g/mol. The van der Waals surface area contributed by atoms with Gasteiger partial charge in [-0.25, -0.2) is 13.6 Å². The van der Waals surface area contributed by atoms with Crippen LogP contribution in [0.1, 0.15) is 12.8 Å². The zero-order valence-corrected chi connectivity index (χ0v) is 12.3. The van der Waals surface area contributed by atoms with Crippen molar-refractivity contribution in [2.24, 2.45) is 11.1 Å². The van der Waals surface area contributed by atoms with Crippen LogP contribution >= 0.6 is 11.8 Å². The molecule has 0 aliphatic carbocycles. The molecule has 2 rings (SSSR count). The maximum atomic E-state index is 11.2. The molecule has 0 saturated carbocycles. The number of anilines is 2. The van der Waals surface area contributed by atoms with Gasteiger partial charge in [0.2, 0.25) is 10.0 Å². The Balaban J connectivity index is 2.01. The molecule has 0 unspecified atom stereocenters. The monoisotopic (exact) mass is 301 g/mol. The Labute approximate surface area is 118 Å². The summed E-state index contributed by atoms with van der Waals surface area (Å²) in [7, 11) is -3.69. The van der Waals surface area contributed by atoms with E-state index in [1.54, 1.807) is 6.07 Å². The number of benzene rings is 1. The predicted octanol–water partition coefficient (Wildman–Crippen LogP) is 1.47. The fourth-order valence-corrected chi connectivity index (χ4v) is 3.84. The van der Waals surface area contributed by atoms with Gasteiger partial charge in [-0.3, -0.25) is 0 Å². The molecule has 7 heteroatoms. The van der Waals surface area contributed by atoms with E-state index in [2.05, 4.69) is 5.32 Å². The minimum Gasteiger partial charge on any atom is -0.397 e. The van der Waals surface area contributed by atoms with Crippen molar-refractivity contribution in [1.82, 2.24) is 0 Å². The molecule has 1 aliphatic rings. The lowest BCUT2D eigenvalue weighted by molar-refractivity contribution is 0.516. The zero-order chi connectivity index (χ0) is 13.9. The summed E-state index contributed by atoms with van der Waals surface area (Å²) in [6.45, 7) is 0.874. The Kier molecular flexibility index (Phi) is 4.59. The van der Waals surface area contributed by atoms with Gasteiger partial charge in [0.05, 0.1) is 16.3 Å². The molecule has 0 aromatic heterocycles. The predicted molar refractivity (Wildman–Crippen MR) is 80.8 cm³/mol. The fraction of sp³-hybridized carbons (Fsp3) is 0.500. The molecule has 0 radical (unpaired) electrons. The van der Waals surface area contributed by atoms with Crippen molar-refractivity contribution in [3.05, 3.63) is 18.2 Å². The maximum Gasteiger partial charge on any atom is 0.238 e. The van der Waals surface area contributed by atoms with Gasteiger partial charge in [0.15, 0.2) is 0 Å². The van der Waals surface area contributed by atoms with Crippen LogP contribution in [0.25, 0.3) is 0 Å². The van der Waals surface area contributed by atoms with Gasteiger partial charge in [-0.15, -0.1) is 0 Å². The molecule has 1 aromatic carbocycles. The third kappa shape index (κ3) is 4.02. The molecule has 1 fully saturated rings. The van der Waals surface area contributed by atoms with Crippen LogP contribution in [0.3, 0.4) is 0 Å². The quantitative estimate of drug-likeness (QED) is 0.732. The number of hydrogen-bond donors (Lipinski definition) is 3. The highest BCUT2D eigenvalue weighted by atomic mass is 32.2. The standard InChI is InChI=1S/C12H19N3O2S2/c13-11-7-10(19(14,16)17)1-2-12(11)15-8-9-3-5-18-6-4-9/h1-2,7,9,15H,3-6,8,13H2,(H2,14,16,17). The van der Waals surface area contributed by atoms with Gasteiger partial charge in [0.25, 0.3) is 0 Å². The molecule has 5 N–H and O–H groups in total. The summed E-state index contributed by atoms with van der Waals surface area (Å²) in [5.41, 5.74) is 7.03. The number of thioether (sulfide) groups is 1. The molecule has 5 nitrogen and oxygen atoms in total. The van der Waals surface area contributed by atoms with E-state index in [4.69, 9.17) is 10.9 Å². The lowest BCUT2D eigenvalue weighted by atomic mass is 10.0. The van der Waals surface area contributed by atoms with Crippen molar-refractivity contribution in [2.75, 3.05) is 29.1 Å². The van der Waals surface area contributed by atoms with E-state index in [1.165, 1.54) is 36.5 Å². The van der Waals surface area contributed by atoms with E-state index in [1.807, 2.05) is 11.8 Å². The summed E-state index contributed by atoms with van der Waals surface area (Å²) in [5, 5.41) is 8.35. The number of primary sulfonamides is 1. The molecule has 0 spiro atoms. The zero-order valence-electron chi connectivity index (χ0n) is 10.6. The van der Waals surface area contributed by atoms with Crippen molar-refractivity contribution >= 4 is 33.2 Å². The van der Waals surface area contributed by atoms with Crippen LogP contribution in [0.5, 0.6) is 0 Å². The van der Waals surface area contributed by atoms with Crippen molar-refractivity contribution in [3.8, 4) is 0 Å². The first-order valence-corrected chi connectivity index (χ1v) is 8.91. The van der Waals surface area contributed by atoms with E-state index in [0.29, 0.717) is 11.6 Å². The number of nitrogens with one attached hydrogen (secondary N) is 1. The average Bonchev–Trinajstić information content (AvgIpc) is 2.37. The van der Waals surface area contributed by atoms with Gasteiger partial charge in [0.1, 0.15) is 0 Å². The van der Waals surface area contributed by atoms with Crippen LogP contribution in [0.4, 0.5) is 11.4 Å². The lowest BCUT2D eigenvalue weighted by Gasteiger charge is -2.22. The summed E-state index contributed by atoms with van der Waals surface area (Å²) in [4.78, 5) is 0.0459. The molecule has 1 heterocycles. The number of rotatable bonds is 4. The first-order chi connectivity index (χ1) is 8.97. The second-order valence-electron chi connectivity index (χ2n) is 4.73. The highest BCUT2D eigenvalue weighted by Gasteiger charge is 2.14. The highest BCUT2D eigenvalue weighted by Crippen LogP contribution is 2.25. The number of hydrogen-bond acceptors (Lipinski definition) is 5.